The summed E-state index contributed by atoms with van der Waals surface area (Å²) in [6.45, 7) is 2.21. The van der Waals surface area contributed by atoms with Crippen LogP contribution in [0.1, 0.15) is 47.1 Å². The van der Waals surface area contributed by atoms with Gasteiger partial charge in [-0.3, -0.25) is 0 Å². The summed E-state index contributed by atoms with van der Waals surface area (Å²) in [4.78, 5) is 12.7. The van der Waals surface area contributed by atoms with E-state index in [0.29, 0.717) is 0 Å². The van der Waals surface area contributed by atoms with Gasteiger partial charge in [-0.15, -0.1) is 0 Å². The summed E-state index contributed by atoms with van der Waals surface area (Å²) in [6, 6.07) is 15.1. The van der Waals surface area contributed by atoms with Crippen LogP contribution in [0.15, 0.2) is 60.4 Å². The van der Waals surface area contributed by atoms with Gasteiger partial charge in [-0.2, -0.15) is 0 Å². The van der Waals surface area contributed by atoms with E-state index in [0.717, 1.165) is 61.3 Å². The van der Waals surface area contributed by atoms with Crippen molar-refractivity contribution in [3.63, 3.8) is 0 Å². The highest BCUT2D eigenvalue weighted by Gasteiger charge is 2.10. The van der Waals surface area contributed by atoms with Gasteiger partial charge in [-0.1, -0.05) is 29.8 Å². The Labute approximate surface area is 189 Å². The number of aryl methyl sites for hydroxylation is 4. The van der Waals surface area contributed by atoms with Crippen molar-refractivity contribution in [2.45, 2.75) is 45.4 Å². The van der Waals surface area contributed by atoms with Crippen LogP contribution in [-0.2, 0) is 32.1 Å². The maximum absolute atomic E-state index is 5.38. The van der Waals surface area contributed by atoms with E-state index in [1.807, 2.05) is 18.3 Å². The molecule has 4 heteroatoms. The van der Waals surface area contributed by atoms with Crippen molar-refractivity contribution in [1.82, 2.24) is 15.0 Å². The number of aromatic amines is 1. The van der Waals surface area contributed by atoms with Crippen molar-refractivity contribution in [3.05, 3.63) is 94.2 Å². The summed E-state index contributed by atoms with van der Waals surface area (Å²) in [5.74, 6) is 1.83. The fraction of sp³-hybridized carbons (Fsp3) is 0.286. The Balaban J connectivity index is 1.18. The zero-order chi connectivity index (χ0) is 21.9. The summed E-state index contributed by atoms with van der Waals surface area (Å²) in [5.41, 5.74) is 9.25. The minimum Gasteiger partial charge on any atom is -0.497 e. The van der Waals surface area contributed by atoms with Crippen molar-refractivity contribution in [2.75, 3.05) is 7.11 Å². The second-order valence-corrected chi connectivity index (χ2v) is 8.74. The van der Waals surface area contributed by atoms with Crippen molar-refractivity contribution >= 4 is 17.0 Å². The number of hydrogen-bond acceptors (Lipinski definition) is 3. The molecule has 1 aliphatic rings. The number of hydrogen-bond donors (Lipinski definition) is 1. The fourth-order valence-electron chi connectivity index (χ4n) is 4.61. The Hall–Kier alpha value is -3.40. The zero-order valence-corrected chi connectivity index (χ0v) is 18.8. The third kappa shape index (κ3) is 4.45. The molecule has 0 atom stereocenters. The molecular formula is C28H29N3O. The maximum Gasteiger partial charge on any atom is 0.128 e. The van der Waals surface area contributed by atoms with Gasteiger partial charge in [-0.05, 0) is 85.5 Å². The predicted octanol–water partition coefficient (Wildman–Crippen LogP) is 5.89. The molecular weight excluding hydrogens is 394 g/mol. The molecule has 2 aromatic heterocycles. The molecule has 162 valence electrons. The van der Waals surface area contributed by atoms with Crippen LogP contribution in [0.4, 0.5) is 0 Å². The van der Waals surface area contributed by atoms with Crippen LogP contribution >= 0.6 is 0 Å². The lowest BCUT2D eigenvalue weighted by molar-refractivity contribution is 0.415. The van der Waals surface area contributed by atoms with Crippen LogP contribution in [0.25, 0.3) is 17.0 Å². The number of methoxy groups -OCH3 is 1. The fourth-order valence-corrected chi connectivity index (χ4v) is 4.61. The van der Waals surface area contributed by atoms with Crippen molar-refractivity contribution in [1.29, 1.82) is 0 Å². The van der Waals surface area contributed by atoms with Gasteiger partial charge in [0.05, 0.1) is 7.11 Å². The number of rotatable bonds is 8. The molecule has 0 saturated heterocycles. The summed E-state index contributed by atoms with van der Waals surface area (Å²) in [7, 11) is 1.71. The SMILES string of the molecule is COc1ccc2[nH]cc(CCCc3nccc(CCc4ccc5c(c4)C=C(C)C5)n3)c2c1. The van der Waals surface area contributed by atoms with Crippen LogP contribution in [0.2, 0.25) is 0 Å². The Morgan fingerprint density at radius 3 is 2.84 bits per heavy atom. The second kappa shape index (κ2) is 8.99. The molecule has 0 amide bonds. The normalized spacial score (nSPS) is 12.8. The summed E-state index contributed by atoms with van der Waals surface area (Å²) >= 11 is 0. The lowest BCUT2D eigenvalue weighted by Gasteiger charge is -2.06. The summed E-state index contributed by atoms with van der Waals surface area (Å²) < 4.78 is 5.38. The number of benzene rings is 2. The molecule has 0 fully saturated rings. The van der Waals surface area contributed by atoms with E-state index in [4.69, 9.17) is 9.72 Å². The highest BCUT2D eigenvalue weighted by Crippen LogP contribution is 2.26. The van der Waals surface area contributed by atoms with Crippen LogP contribution in [0.3, 0.4) is 0 Å². The van der Waals surface area contributed by atoms with Gasteiger partial charge >= 0.3 is 0 Å². The first-order valence-corrected chi connectivity index (χ1v) is 11.4. The number of allylic oxidation sites excluding steroid dienone is 1. The summed E-state index contributed by atoms with van der Waals surface area (Å²) in [5, 5.41) is 1.23. The van der Waals surface area contributed by atoms with Crippen molar-refractivity contribution < 1.29 is 4.74 Å². The third-order valence-corrected chi connectivity index (χ3v) is 6.34. The van der Waals surface area contributed by atoms with E-state index in [1.165, 1.54) is 33.2 Å². The van der Waals surface area contributed by atoms with Gasteiger partial charge < -0.3 is 9.72 Å². The van der Waals surface area contributed by atoms with Gasteiger partial charge in [0.2, 0.25) is 0 Å². The van der Waals surface area contributed by atoms with Crippen molar-refractivity contribution in [2.24, 2.45) is 0 Å². The standard InChI is InChI=1S/C28H29N3O/c1-19-14-21-8-6-20(16-23(21)15-19)7-9-24-12-13-29-28(31-24)5-3-4-22-18-30-27-11-10-25(32-2)17-26(22)27/h6,8,10-13,15-18,30H,3-5,7,9,14H2,1-2H3. The number of aromatic nitrogens is 3. The highest BCUT2D eigenvalue weighted by molar-refractivity contribution is 5.84. The Morgan fingerprint density at radius 2 is 1.94 bits per heavy atom. The summed E-state index contributed by atoms with van der Waals surface area (Å²) in [6.07, 6.45) is 12.3. The van der Waals surface area contributed by atoms with Gasteiger partial charge in [0.15, 0.2) is 0 Å². The van der Waals surface area contributed by atoms with Crippen molar-refractivity contribution in [3.8, 4) is 5.75 Å². The largest absolute Gasteiger partial charge is 0.497 e. The number of ether oxygens (including phenoxy) is 1. The van der Waals surface area contributed by atoms with Crippen LogP contribution in [0, 0.1) is 0 Å². The van der Waals surface area contributed by atoms with Crippen LogP contribution in [-0.4, -0.2) is 22.1 Å². The average Bonchev–Trinajstić information content (AvgIpc) is 3.39. The molecule has 0 spiro atoms. The van der Waals surface area contributed by atoms with Gasteiger partial charge in [0.1, 0.15) is 11.6 Å². The van der Waals surface area contributed by atoms with Gasteiger partial charge in [-0.25, -0.2) is 9.97 Å². The lowest BCUT2D eigenvalue weighted by Crippen LogP contribution is -2.02. The first-order chi connectivity index (χ1) is 15.7. The van der Waals surface area contributed by atoms with E-state index < -0.39 is 0 Å². The smallest absolute Gasteiger partial charge is 0.128 e. The molecule has 4 aromatic rings. The Kier molecular flexibility index (Phi) is 5.76. The minimum atomic E-state index is 0.882. The number of fused-ring (bicyclic) bond motifs is 2. The third-order valence-electron chi connectivity index (χ3n) is 6.34. The Bertz CT molecular complexity index is 1290. The molecule has 0 radical (unpaired) electrons. The second-order valence-electron chi connectivity index (χ2n) is 8.74. The molecule has 5 rings (SSSR count). The van der Waals surface area contributed by atoms with Gasteiger partial charge in [0, 0.05) is 35.4 Å². The maximum atomic E-state index is 5.38. The topological polar surface area (TPSA) is 50.8 Å². The molecule has 1 aliphatic carbocycles. The quantitative estimate of drug-likeness (QED) is 0.385. The molecule has 4 nitrogen and oxygen atoms in total. The zero-order valence-electron chi connectivity index (χ0n) is 18.8. The molecule has 0 aliphatic heterocycles. The number of nitrogens with zero attached hydrogens (tertiary/aromatic N) is 2. The molecule has 2 heterocycles. The minimum absolute atomic E-state index is 0.882. The molecule has 0 saturated carbocycles. The highest BCUT2D eigenvalue weighted by atomic mass is 16.5. The van der Waals surface area contributed by atoms with Gasteiger partial charge in [0.25, 0.3) is 0 Å². The molecule has 32 heavy (non-hydrogen) atoms. The van der Waals surface area contributed by atoms with E-state index in [9.17, 15) is 0 Å². The Morgan fingerprint density at radius 1 is 1.00 bits per heavy atom. The first-order valence-electron chi connectivity index (χ1n) is 11.4. The predicted molar refractivity (Wildman–Crippen MR) is 130 cm³/mol. The first kappa shape index (κ1) is 20.5. The molecule has 0 bridgehead atoms. The van der Waals surface area contributed by atoms with E-state index in [2.05, 4.69) is 59.5 Å². The van der Waals surface area contributed by atoms with E-state index >= 15 is 0 Å². The average molecular weight is 424 g/mol. The number of nitrogens with one attached hydrogen (secondary N) is 1. The molecule has 1 N–H and O–H groups in total. The monoisotopic (exact) mass is 423 g/mol. The lowest BCUT2D eigenvalue weighted by atomic mass is 10.0. The van der Waals surface area contributed by atoms with Crippen LogP contribution < -0.4 is 4.74 Å². The van der Waals surface area contributed by atoms with E-state index in [-0.39, 0.29) is 0 Å². The molecule has 2 aromatic carbocycles. The molecule has 0 unspecified atom stereocenters. The van der Waals surface area contributed by atoms with E-state index in [1.54, 1.807) is 7.11 Å². The number of H-pyrrole nitrogens is 1. The van der Waals surface area contributed by atoms with Crippen LogP contribution in [0.5, 0.6) is 5.75 Å².